The van der Waals surface area contributed by atoms with Gasteiger partial charge >= 0.3 is 0 Å². The van der Waals surface area contributed by atoms with Crippen molar-refractivity contribution in [2.75, 3.05) is 7.05 Å². The van der Waals surface area contributed by atoms with Crippen LogP contribution < -0.4 is 10.6 Å². The first-order valence-corrected chi connectivity index (χ1v) is 6.70. The molecule has 0 atom stereocenters. The molecule has 2 aromatic rings. The zero-order valence-corrected chi connectivity index (χ0v) is 12.1. The van der Waals surface area contributed by atoms with Gasteiger partial charge in [-0.3, -0.25) is 9.59 Å². The molecule has 0 radical (unpaired) electrons. The minimum absolute atomic E-state index is 0.111. The molecule has 0 aliphatic heterocycles. The third-order valence-electron chi connectivity index (χ3n) is 2.79. The first kappa shape index (κ1) is 15.3. The van der Waals surface area contributed by atoms with E-state index in [1.54, 1.807) is 18.2 Å². The maximum Gasteiger partial charge on any atom is 0.267 e. The summed E-state index contributed by atoms with van der Waals surface area (Å²) in [6, 6.07) is 12.8. The number of furan rings is 1. The average molecular weight is 296 g/mol. The fraction of sp³-hybridized carbons (Fsp3) is 0.0588. The zero-order valence-electron chi connectivity index (χ0n) is 12.1. The summed E-state index contributed by atoms with van der Waals surface area (Å²) in [5, 5.41) is 5.01. The van der Waals surface area contributed by atoms with Gasteiger partial charge in [0, 0.05) is 19.2 Å². The van der Waals surface area contributed by atoms with Gasteiger partial charge in [-0.05, 0) is 23.8 Å². The molecule has 1 aromatic heterocycles. The molecular weight excluding hydrogens is 280 g/mol. The van der Waals surface area contributed by atoms with Crippen LogP contribution in [0.4, 0.5) is 0 Å². The van der Waals surface area contributed by atoms with E-state index in [1.165, 1.54) is 25.5 Å². The third-order valence-corrected chi connectivity index (χ3v) is 2.79. The van der Waals surface area contributed by atoms with Gasteiger partial charge in [-0.15, -0.1) is 0 Å². The lowest BCUT2D eigenvalue weighted by atomic mass is 10.2. The van der Waals surface area contributed by atoms with Gasteiger partial charge in [0.05, 0.1) is 6.26 Å². The van der Waals surface area contributed by atoms with Crippen molar-refractivity contribution in [1.82, 2.24) is 10.6 Å². The summed E-state index contributed by atoms with van der Waals surface area (Å²) in [5.41, 5.74) is 1.01. The van der Waals surface area contributed by atoms with E-state index in [0.717, 1.165) is 5.56 Å². The molecule has 1 heterocycles. The number of rotatable bonds is 5. The Morgan fingerprint density at radius 2 is 1.86 bits per heavy atom. The van der Waals surface area contributed by atoms with Gasteiger partial charge in [-0.25, -0.2) is 0 Å². The molecule has 0 bridgehead atoms. The minimum atomic E-state index is -0.405. The highest BCUT2D eigenvalue weighted by Gasteiger charge is 2.10. The predicted molar refractivity (Wildman–Crippen MR) is 84.4 cm³/mol. The molecule has 0 spiro atoms. The SMILES string of the molecule is CNC(=O)/C(=C/c1ccco1)NC(=O)/C=C/c1ccccc1. The Kier molecular flexibility index (Phi) is 5.31. The van der Waals surface area contributed by atoms with Crippen molar-refractivity contribution < 1.29 is 14.0 Å². The summed E-state index contributed by atoms with van der Waals surface area (Å²) in [4.78, 5) is 23.7. The number of carbonyl (C=O) groups is 2. The number of nitrogens with one attached hydrogen (secondary N) is 2. The Morgan fingerprint density at radius 1 is 1.09 bits per heavy atom. The van der Waals surface area contributed by atoms with Crippen LogP contribution in [0.1, 0.15) is 11.3 Å². The topological polar surface area (TPSA) is 71.3 Å². The molecule has 0 saturated carbocycles. The van der Waals surface area contributed by atoms with Crippen molar-refractivity contribution >= 4 is 24.0 Å². The first-order chi connectivity index (χ1) is 10.7. The maximum absolute atomic E-state index is 11.9. The van der Waals surface area contributed by atoms with Crippen LogP contribution in [0.3, 0.4) is 0 Å². The Balaban J connectivity index is 2.09. The van der Waals surface area contributed by atoms with E-state index >= 15 is 0 Å². The molecule has 2 amide bonds. The summed E-state index contributed by atoms with van der Waals surface area (Å²) >= 11 is 0. The summed E-state index contributed by atoms with van der Waals surface area (Å²) < 4.78 is 5.14. The van der Waals surface area contributed by atoms with Gasteiger partial charge in [0.2, 0.25) is 5.91 Å². The lowest BCUT2D eigenvalue weighted by Gasteiger charge is -2.06. The molecule has 0 saturated heterocycles. The lowest BCUT2D eigenvalue weighted by molar-refractivity contribution is -0.120. The highest BCUT2D eigenvalue weighted by molar-refractivity contribution is 6.03. The average Bonchev–Trinajstić information content (AvgIpc) is 3.05. The largest absolute Gasteiger partial charge is 0.465 e. The van der Waals surface area contributed by atoms with Crippen molar-refractivity contribution in [2.24, 2.45) is 0 Å². The molecule has 2 rings (SSSR count). The van der Waals surface area contributed by atoms with Gasteiger partial charge in [-0.1, -0.05) is 30.3 Å². The Labute approximate surface area is 128 Å². The molecule has 0 fully saturated rings. The highest BCUT2D eigenvalue weighted by Crippen LogP contribution is 2.06. The van der Waals surface area contributed by atoms with Gasteiger partial charge in [0.25, 0.3) is 5.91 Å². The molecule has 112 valence electrons. The van der Waals surface area contributed by atoms with E-state index in [-0.39, 0.29) is 5.70 Å². The van der Waals surface area contributed by atoms with E-state index < -0.39 is 11.8 Å². The molecular formula is C17H16N2O3. The molecule has 0 aliphatic rings. The summed E-state index contributed by atoms with van der Waals surface area (Å²) in [5.74, 6) is -0.325. The van der Waals surface area contributed by atoms with Crippen molar-refractivity contribution in [2.45, 2.75) is 0 Å². The number of hydrogen-bond donors (Lipinski definition) is 2. The van der Waals surface area contributed by atoms with Crippen LogP contribution in [0.25, 0.3) is 12.2 Å². The number of benzene rings is 1. The molecule has 0 unspecified atom stereocenters. The number of amides is 2. The molecule has 5 heteroatoms. The fourth-order valence-electron chi connectivity index (χ4n) is 1.72. The Morgan fingerprint density at radius 3 is 2.50 bits per heavy atom. The van der Waals surface area contributed by atoms with Crippen LogP contribution >= 0.6 is 0 Å². The van der Waals surface area contributed by atoms with E-state index in [1.807, 2.05) is 30.3 Å². The van der Waals surface area contributed by atoms with Crippen molar-refractivity contribution in [3.63, 3.8) is 0 Å². The summed E-state index contributed by atoms with van der Waals surface area (Å²) in [6.07, 6.45) is 6.00. The van der Waals surface area contributed by atoms with Crippen molar-refractivity contribution in [3.05, 3.63) is 71.8 Å². The van der Waals surface area contributed by atoms with Crippen LogP contribution in [0, 0.1) is 0 Å². The second kappa shape index (κ2) is 7.64. The standard InChI is InChI=1S/C17H16N2O3/c1-18-17(21)15(12-14-8-5-11-22-14)19-16(20)10-9-13-6-3-2-4-7-13/h2-12H,1H3,(H,18,21)(H,19,20)/b10-9+,15-12-. The zero-order chi connectivity index (χ0) is 15.8. The lowest BCUT2D eigenvalue weighted by Crippen LogP contribution is -2.32. The fourth-order valence-corrected chi connectivity index (χ4v) is 1.72. The van der Waals surface area contributed by atoms with Gasteiger partial charge in [0.1, 0.15) is 11.5 Å². The smallest absolute Gasteiger partial charge is 0.267 e. The minimum Gasteiger partial charge on any atom is -0.465 e. The highest BCUT2D eigenvalue weighted by atomic mass is 16.3. The van der Waals surface area contributed by atoms with Crippen molar-refractivity contribution in [3.8, 4) is 0 Å². The number of hydrogen-bond acceptors (Lipinski definition) is 3. The monoisotopic (exact) mass is 296 g/mol. The van der Waals surface area contributed by atoms with Gasteiger partial charge in [-0.2, -0.15) is 0 Å². The van der Waals surface area contributed by atoms with Gasteiger partial charge in [0.15, 0.2) is 0 Å². The van der Waals surface area contributed by atoms with Crippen LogP contribution in [0.2, 0.25) is 0 Å². The predicted octanol–water partition coefficient (Wildman–Crippen LogP) is 2.20. The van der Waals surface area contributed by atoms with E-state index in [0.29, 0.717) is 5.76 Å². The van der Waals surface area contributed by atoms with Crippen LogP contribution in [0.15, 0.2) is 64.9 Å². The van der Waals surface area contributed by atoms with Crippen LogP contribution in [0.5, 0.6) is 0 Å². The second-order valence-electron chi connectivity index (χ2n) is 4.39. The molecule has 1 aromatic carbocycles. The summed E-state index contributed by atoms with van der Waals surface area (Å²) in [7, 11) is 1.49. The van der Waals surface area contributed by atoms with Crippen LogP contribution in [-0.4, -0.2) is 18.9 Å². The molecule has 22 heavy (non-hydrogen) atoms. The quantitative estimate of drug-likeness (QED) is 0.831. The van der Waals surface area contributed by atoms with E-state index in [2.05, 4.69) is 10.6 Å². The number of carbonyl (C=O) groups excluding carboxylic acids is 2. The van der Waals surface area contributed by atoms with Crippen molar-refractivity contribution in [1.29, 1.82) is 0 Å². The normalized spacial score (nSPS) is 11.4. The second-order valence-corrected chi connectivity index (χ2v) is 4.39. The van der Waals surface area contributed by atoms with Crippen LogP contribution in [-0.2, 0) is 9.59 Å². The van der Waals surface area contributed by atoms with E-state index in [9.17, 15) is 9.59 Å². The molecule has 5 nitrogen and oxygen atoms in total. The first-order valence-electron chi connectivity index (χ1n) is 6.70. The Hall–Kier alpha value is -3.08. The third kappa shape index (κ3) is 4.49. The maximum atomic E-state index is 11.9. The molecule has 0 aliphatic carbocycles. The molecule has 2 N–H and O–H groups in total. The number of likely N-dealkylation sites (N-methyl/N-ethyl adjacent to an activating group) is 1. The van der Waals surface area contributed by atoms with E-state index in [4.69, 9.17) is 4.42 Å². The van der Waals surface area contributed by atoms with Gasteiger partial charge < -0.3 is 15.1 Å². The summed E-state index contributed by atoms with van der Waals surface area (Å²) in [6.45, 7) is 0. The Bertz CT molecular complexity index is 686.